The normalized spacial score (nSPS) is 9.57. The summed E-state index contributed by atoms with van der Waals surface area (Å²) in [6.07, 6.45) is 0.765. The average molecular weight is 197 g/mol. The number of benzene rings is 1. The van der Waals surface area contributed by atoms with Crippen LogP contribution in [0.2, 0.25) is 0 Å². The molecule has 14 heavy (non-hydrogen) atoms. The van der Waals surface area contributed by atoms with Gasteiger partial charge in [-0.05, 0) is 6.42 Å². The lowest BCUT2D eigenvalue weighted by atomic mass is 10.2. The third-order valence-corrected chi connectivity index (χ3v) is 1.60. The van der Waals surface area contributed by atoms with Crippen LogP contribution in [0.4, 0.5) is 8.78 Å². The molecule has 0 amide bonds. The van der Waals surface area contributed by atoms with Crippen LogP contribution < -0.4 is 4.74 Å². The maximum absolute atomic E-state index is 12.9. The molecule has 1 aromatic rings. The molecule has 0 N–H and O–H groups in total. The Balaban J connectivity index is 2.99. The van der Waals surface area contributed by atoms with Crippen LogP contribution >= 0.6 is 0 Å². The molecule has 0 saturated heterocycles. The molecule has 0 saturated carbocycles. The number of nitriles is 1. The van der Waals surface area contributed by atoms with Gasteiger partial charge in [0.25, 0.3) is 0 Å². The van der Waals surface area contributed by atoms with E-state index in [4.69, 9.17) is 10.00 Å². The van der Waals surface area contributed by atoms with Crippen molar-refractivity contribution in [2.75, 3.05) is 6.61 Å². The molecule has 0 fully saturated rings. The summed E-state index contributed by atoms with van der Waals surface area (Å²) in [5, 5.41) is 8.48. The van der Waals surface area contributed by atoms with Gasteiger partial charge >= 0.3 is 0 Å². The second-order valence-electron chi connectivity index (χ2n) is 2.73. The molecule has 2 nitrogen and oxygen atoms in total. The fraction of sp³-hybridized carbons (Fsp3) is 0.300. The van der Waals surface area contributed by atoms with E-state index in [9.17, 15) is 8.78 Å². The van der Waals surface area contributed by atoms with Gasteiger partial charge in [0.15, 0.2) is 11.6 Å². The molecule has 1 rings (SSSR count). The summed E-state index contributed by atoms with van der Waals surface area (Å²) in [6.45, 7) is 2.31. The number of hydrogen-bond donors (Lipinski definition) is 0. The van der Waals surface area contributed by atoms with E-state index in [1.807, 2.05) is 6.92 Å². The number of nitrogens with zero attached hydrogens (tertiary/aromatic N) is 1. The van der Waals surface area contributed by atoms with Crippen LogP contribution in [-0.2, 0) is 0 Å². The van der Waals surface area contributed by atoms with Crippen molar-refractivity contribution < 1.29 is 13.5 Å². The lowest BCUT2D eigenvalue weighted by Gasteiger charge is -2.05. The van der Waals surface area contributed by atoms with E-state index in [1.54, 1.807) is 6.07 Å². The maximum atomic E-state index is 12.9. The van der Waals surface area contributed by atoms with Gasteiger partial charge in [0.05, 0.1) is 12.2 Å². The quantitative estimate of drug-likeness (QED) is 0.746. The van der Waals surface area contributed by atoms with E-state index < -0.39 is 11.6 Å². The second-order valence-corrected chi connectivity index (χ2v) is 2.73. The second kappa shape index (κ2) is 4.56. The summed E-state index contributed by atoms with van der Waals surface area (Å²) in [4.78, 5) is 0. The molecule has 0 radical (unpaired) electrons. The Morgan fingerprint density at radius 1 is 1.43 bits per heavy atom. The summed E-state index contributed by atoms with van der Waals surface area (Å²) >= 11 is 0. The topological polar surface area (TPSA) is 33.0 Å². The van der Waals surface area contributed by atoms with E-state index in [-0.39, 0.29) is 11.3 Å². The van der Waals surface area contributed by atoms with Gasteiger partial charge in [-0.1, -0.05) is 6.92 Å². The predicted molar refractivity (Wildman–Crippen MR) is 46.9 cm³/mol. The largest absolute Gasteiger partial charge is 0.493 e. The van der Waals surface area contributed by atoms with Gasteiger partial charge in [-0.25, -0.2) is 8.78 Å². The minimum Gasteiger partial charge on any atom is -0.493 e. The van der Waals surface area contributed by atoms with Crippen LogP contribution in [0.25, 0.3) is 0 Å². The lowest BCUT2D eigenvalue weighted by molar-refractivity contribution is 0.314. The molecule has 0 bridgehead atoms. The Morgan fingerprint density at radius 3 is 2.71 bits per heavy atom. The van der Waals surface area contributed by atoms with Crippen molar-refractivity contribution in [3.8, 4) is 11.8 Å². The zero-order valence-electron chi connectivity index (χ0n) is 7.68. The number of hydrogen-bond acceptors (Lipinski definition) is 2. The van der Waals surface area contributed by atoms with Crippen molar-refractivity contribution >= 4 is 0 Å². The van der Waals surface area contributed by atoms with Gasteiger partial charge in [0.1, 0.15) is 11.8 Å². The highest BCUT2D eigenvalue weighted by Crippen LogP contribution is 2.19. The highest BCUT2D eigenvalue weighted by Gasteiger charge is 2.10. The average Bonchev–Trinajstić information content (AvgIpc) is 2.19. The van der Waals surface area contributed by atoms with Crippen molar-refractivity contribution in [1.29, 1.82) is 5.26 Å². The summed E-state index contributed by atoms with van der Waals surface area (Å²) in [5.41, 5.74) is -0.337. The Bertz CT molecular complexity index is 371. The minimum atomic E-state index is -1.13. The monoisotopic (exact) mass is 197 g/mol. The number of halogens is 2. The first kappa shape index (κ1) is 10.5. The summed E-state index contributed by atoms with van der Waals surface area (Å²) in [5.74, 6) is -2.01. The first-order valence-electron chi connectivity index (χ1n) is 4.21. The zero-order valence-corrected chi connectivity index (χ0v) is 7.68. The fourth-order valence-electron chi connectivity index (χ4n) is 0.949. The molecule has 74 valence electrons. The first-order chi connectivity index (χ1) is 6.69. The molecule has 0 spiro atoms. The van der Waals surface area contributed by atoms with Gasteiger partial charge in [-0.15, -0.1) is 0 Å². The molecule has 0 aromatic heterocycles. The Kier molecular flexibility index (Phi) is 3.41. The molecule has 0 atom stereocenters. The smallest absolute Gasteiger partial charge is 0.176 e. The Labute approximate surface area is 80.7 Å². The van der Waals surface area contributed by atoms with Gasteiger partial charge in [0, 0.05) is 12.1 Å². The third kappa shape index (κ3) is 2.19. The minimum absolute atomic E-state index is 0.183. The molecule has 4 heteroatoms. The zero-order chi connectivity index (χ0) is 10.6. The summed E-state index contributed by atoms with van der Waals surface area (Å²) < 4.78 is 30.8. The van der Waals surface area contributed by atoms with E-state index in [0.717, 1.165) is 12.5 Å². The van der Waals surface area contributed by atoms with Crippen molar-refractivity contribution in [3.05, 3.63) is 29.3 Å². The first-order valence-corrected chi connectivity index (χ1v) is 4.21. The van der Waals surface area contributed by atoms with Crippen molar-refractivity contribution in [1.82, 2.24) is 0 Å². The lowest BCUT2D eigenvalue weighted by Crippen LogP contribution is -1.98. The maximum Gasteiger partial charge on any atom is 0.176 e. The number of rotatable bonds is 3. The Hall–Kier alpha value is -1.63. The van der Waals surface area contributed by atoms with Gasteiger partial charge in [-0.2, -0.15) is 5.26 Å². The van der Waals surface area contributed by atoms with E-state index >= 15 is 0 Å². The van der Waals surface area contributed by atoms with Crippen LogP contribution in [-0.4, -0.2) is 6.61 Å². The molecule has 0 heterocycles. The summed E-state index contributed by atoms with van der Waals surface area (Å²) in [7, 11) is 0. The highest BCUT2D eigenvalue weighted by atomic mass is 19.2. The highest BCUT2D eigenvalue weighted by molar-refractivity contribution is 5.38. The van der Waals surface area contributed by atoms with E-state index in [2.05, 4.69) is 0 Å². The van der Waals surface area contributed by atoms with Crippen LogP contribution in [0.3, 0.4) is 0 Å². The standard InChI is InChI=1S/C10H9F2NO/c1-2-3-14-8-4-7(6-13)10(12)9(11)5-8/h4-5H,2-3H2,1H3. The Morgan fingerprint density at radius 2 is 2.14 bits per heavy atom. The predicted octanol–water partition coefficient (Wildman–Crippen LogP) is 2.63. The third-order valence-electron chi connectivity index (χ3n) is 1.60. The van der Waals surface area contributed by atoms with Gasteiger partial charge in [0.2, 0.25) is 0 Å². The van der Waals surface area contributed by atoms with E-state index in [1.165, 1.54) is 6.07 Å². The van der Waals surface area contributed by atoms with E-state index in [0.29, 0.717) is 6.61 Å². The van der Waals surface area contributed by atoms with Gasteiger partial charge < -0.3 is 4.74 Å². The molecule has 0 aliphatic heterocycles. The SMILES string of the molecule is CCCOc1cc(F)c(F)c(C#N)c1. The van der Waals surface area contributed by atoms with Crippen LogP contribution in [0.15, 0.2) is 12.1 Å². The molecule has 1 aromatic carbocycles. The van der Waals surface area contributed by atoms with Crippen molar-refractivity contribution in [2.24, 2.45) is 0 Å². The molecule has 0 aliphatic carbocycles. The van der Waals surface area contributed by atoms with Crippen LogP contribution in [0.5, 0.6) is 5.75 Å². The molecule has 0 unspecified atom stereocenters. The molecular weight excluding hydrogens is 188 g/mol. The fourth-order valence-corrected chi connectivity index (χ4v) is 0.949. The summed E-state index contributed by atoms with van der Waals surface area (Å²) in [6, 6.07) is 3.68. The van der Waals surface area contributed by atoms with Crippen LogP contribution in [0, 0.1) is 23.0 Å². The van der Waals surface area contributed by atoms with Crippen LogP contribution in [0.1, 0.15) is 18.9 Å². The molecular formula is C10H9F2NO. The van der Waals surface area contributed by atoms with Gasteiger partial charge in [-0.3, -0.25) is 0 Å². The molecule has 0 aliphatic rings. The van der Waals surface area contributed by atoms with Crippen molar-refractivity contribution in [3.63, 3.8) is 0 Å². The number of ether oxygens (including phenoxy) is 1. The van der Waals surface area contributed by atoms with Crippen molar-refractivity contribution in [2.45, 2.75) is 13.3 Å².